The van der Waals surface area contributed by atoms with E-state index in [2.05, 4.69) is 34.9 Å². The number of ether oxygens (including phenoxy) is 1. The first-order valence-electron chi connectivity index (χ1n) is 12.6. The zero-order valence-electron chi connectivity index (χ0n) is 20.2. The van der Waals surface area contributed by atoms with Crippen LogP contribution in [0.5, 0.6) is 0 Å². The molecule has 2 atom stereocenters. The van der Waals surface area contributed by atoms with Crippen LogP contribution in [0.4, 0.5) is 4.79 Å². The van der Waals surface area contributed by atoms with Gasteiger partial charge in [0.2, 0.25) is 5.91 Å². The summed E-state index contributed by atoms with van der Waals surface area (Å²) >= 11 is 0. The monoisotopic (exact) mass is 478 g/mol. The summed E-state index contributed by atoms with van der Waals surface area (Å²) in [5, 5.41) is 14.9. The van der Waals surface area contributed by atoms with Gasteiger partial charge in [0, 0.05) is 18.4 Å². The van der Waals surface area contributed by atoms with Crippen LogP contribution < -0.4 is 10.6 Å². The second-order valence-corrected chi connectivity index (χ2v) is 9.77. The van der Waals surface area contributed by atoms with Gasteiger partial charge in [0.25, 0.3) is 0 Å². The van der Waals surface area contributed by atoms with Gasteiger partial charge in [0.1, 0.15) is 12.6 Å². The summed E-state index contributed by atoms with van der Waals surface area (Å²) in [6.45, 7) is 1.90. The number of rotatable bonds is 9. The van der Waals surface area contributed by atoms with Crippen molar-refractivity contribution in [2.75, 3.05) is 6.61 Å². The van der Waals surface area contributed by atoms with Gasteiger partial charge in [-0.3, -0.25) is 4.79 Å². The molecule has 0 bridgehead atoms. The maximum atomic E-state index is 12.5. The minimum Gasteiger partial charge on any atom is -0.480 e. The third kappa shape index (κ3) is 6.21. The highest BCUT2D eigenvalue weighted by atomic mass is 16.5. The Labute approximate surface area is 206 Å². The van der Waals surface area contributed by atoms with Crippen molar-refractivity contribution in [2.45, 2.75) is 69.9 Å². The minimum absolute atomic E-state index is 0.0152. The normalized spacial score (nSPS) is 17.1. The smallest absolute Gasteiger partial charge is 0.407 e. The zero-order valence-corrected chi connectivity index (χ0v) is 20.2. The summed E-state index contributed by atoms with van der Waals surface area (Å²) in [6, 6.07) is 14.9. The molecule has 4 rings (SSSR count). The third-order valence-corrected chi connectivity index (χ3v) is 7.13. The van der Waals surface area contributed by atoms with Crippen molar-refractivity contribution in [3.8, 4) is 11.1 Å². The quantitative estimate of drug-likeness (QED) is 0.478. The maximum Gasteiger partial charge on any atom is 0.407 e. The standard InChI is InChI=1S/C28H34N2O5/c1-18(15-26(31)30-25(27(32)33)16-19-9-3-2-4-10-19)29-28(34)35-17-24-22-13-7-5-11-20(22)21-12-6-8-14-23(21)24/h5-8,11-14,18-19,24-25H,2-4,9-10,15-17H2,1H3,(H,29,34)(H,30,31)(H,32,33)/t18?,25-/m1/s1. The molecule has 2 aliphatic rings. The number of carbonyl (C=O) groups is 3. The highest BCUT2D eigenvalue weighted by Gasteiger charge is 2.29. The van der Waals surface area contributed by atoms with E-state index in [1.54, 1.807) is 6.92 Å². The third-order valence-electron chi connectivity index (χ3n) is 7.13. The van der Waals surface area contributed by atoms with Crippen molar-refractivity contribution in [2.24, 2.45) is 5.92 Å². The van der Waals surface area contributed by atoms with E-state index in [1.165, 1.54) is 6.42 Å². The topological polar surface area (TPSA) is 105 Å². The van der Waals surface area contributed by atoms with Gasteiger partial charge in [0.05, 0.1) is 0 Å². The van der Waals surface area contributed by atoms with Crippen LogP contribution in [0.1, 0.15) is 68.9 Å². The number of carboxylic acid groups (broad SMARTS) is 1. The van der Waals surface area contributed by atoms with Crippen molar-refractivity contribution in [3.05, 3.63) is 59.7 Å². The van der Waals surface area contributed by atoms with E-state index in [4.69, 9.17) is 4.74 Å². The Bertz CT molecular complexity index is 1020. The summed E-state index contributed by atoms with van der Waals surface area (Å²) in [7, 11) is 0. The van der Waals surface area contributed by atoms with Gasteiger partial charge in [-0.05, 0) is 41.5 Å². The van der Waals surface area contributed by atoms with E-state index in [1.807, 2.05) is 24.3 Å². The van der Waals surface area contributed by atoms with Crippen LogP contribution >= 0.6 is 0 Å². The molecule has 2 aliphatic carbocycles. The zero-order chi connectivity index (χ0) is 24.8. The maximum absolute atomic E-state index is 12.5. The van der Waals surface area contributed by atoms with Crippen molar-refractivity contribution in [3.63, 3.8) is 0 Å². The molecule has 7 nitrogen and oxygen atoms in total. The fourth-order valence-corrected chi connectivity index (χ4v) is 5.40. The number of amides is 2. The van der Waals surface area contributed by atoms with E-state index in [-0.39, 0.29) is 24.9 Å². The van der Waals surface area contributed by atoms with Crippen LogP contribution in [0, 0.1) is 5.92 Å². The predicted molar refractivity (Wildman–Crippen MR) is 133 cm³/mol. The fourth-order valence-electron chi connectivity index (χ4n) is 5.40. The lowest BCUT2D eigenvalue weighted by Crippen LogP contribution is -2.45. The van der Waals surface area contributed by atoms with Crippen LogP contribution in [0.3, 0.4) is 0 Å². The molecule has 0 aliphatic heterocycles. The van der Waals surface area contributed by atoms with E-state index in [0.717, 1.165) is 47.9 Å². The molecule has 0 radical (unpaired) electrons. The molecule has 0 heterocycles. The van der Waals surface area contributed by atoms with Gasteiger partial charge < -0.3 is 20.5 Å². The van der Waals surface area contributed by atoms with Gasteiger partial charge in [-0.15, -0.1) is 0 Å². The average molecular weight is 479 g/mol. The van der Waals surface area contributed by atoms with Crippen LogP contribution in [0.25, 0.3) is 11.1 Å². The number of aliphatic carboxylic acids is 1. The SMILES string of the molecule is CC(CC(=O)N[C@H](CC1CCCCC1)C(=O)O)NC(=O)OCC1c2ccccc2-c2ccccc21. The molecule has 2 aromatic rings. The van der Waals surface area contributed by atoms with Gasteiger partial charge in [-0.1, -0.05) is 80.6 Å². The largest absolute Gasteiger partial charge is 0.480 e. The average Bonchev–Trinajstić information content (AvgIpc) is 3.16. The van der Waals surface area contributed by atoms with Gasteiger partial charge in [0.15, 0.2) is 0 Å². The first-order chi connectivity index (χ1) is 16.9. The molecule has 1 fully saturated rings. The summed E-state index contributed by atoms with van der Waals surface area (Å²) in [5.74, 6) is -1.11. The molecule has 186 valence electrons. The van der Waals surface area contributed by atoms with Crippen LogP contribution in [-0.2, 0) is 14.3 Å². The molecule has 3 N–H and O–H groups in total. The molecular formula is C28H34N2O5. The number of carbonyl (C=O) groups excluding carboxylic acids is 2. The van der Waals surface area contributed by atoms with E-state index >= 15 is 0 Å². The number of fused-ring (bicyclic) bond motifs is 3. The second kappa shape index (κ2) is 11.4. The summed E-state index contributed by atoms with van der Waals surface area (Å²) < 4.78 is 5.54. The number of benzene rings is 2. The van der Waals surface area contributed by atoms with Crippen molar-refractivity contribution >= 4 is 18.0 Å². The molecule has 0 aromatic heterocycles. The summed E-state index contributed by atoms with van der Waals surface area (Å²) in [4.78, 5) is 36.6. The van der Waals surface area contributed by atoms with Crippen molar-refractivity contribution in [1.29, 1.82) is 0 Å². The Morgan fingerprint density at radius 2 is 1.54 bits per heavy atom. The van der Waals surface area contributed by atoms with Crippen LogP contribution in [0.15, 0.2) is 48.5 Å². The highest BCUT2D eigenvalue weighted by molar-refractivity contribution is 5.84. The molecule has 35 heavy (non-hydrogen) atoms. The highest BCUT2D eigenvalue weighted by Crippen LogP contribution is 2.44. The first kappa shape index (κ1) is 24.8. The molecule has 0 spiro atoms. The number of alkyl carbamates (subject to hydrolysis) is 1. The van der Waals surface area contributed by atoms with Crippen molar-refractivity contribution in [1.82, 2.24) is 10.6 Å². The Balaban J connectivity index is 1.25. The van der Waals surface area contributed by atoms with Crippen LogP contribution in [0.2, 0.25) is 0 Å². The number of hydrogen-bond donors (Lipinski definition) is 3. The van der Waals surface area contributed by atoms with Crippen LogP contribution in [-0.4, -0.2) is 41.8 Å². The number of nitrogens with one attached hydrogen (secondary N) is 2. The lowest BCUT2D eigenvalue weighted by molar-refractivity contribution is -0.142. The van der Waals surface area contributed by atoms with Gasteiger partial charge >= 0.3 is 12.1 Å². The lowest BCUT2D eigenvalue weighted by Gasteiger charge is -2.25. The van der Waals surface area contributed by atoms with E-state index < -0.39 is 24.1 Å². The molecule has 0 saturated heterocycles. The van der Waals surface area contributed by atoms with Gasteiger partial charge in [-0.2, -0.15) is 0 Å². The Morgan fingerprint density at radius 1 is 0.943 bits per heavy atom. The molecule has 7 heteroatoms. The predicted octanol–water partition coefficient (Wildman–Crippen LogP) is 4.84. The Morgan fingerprint density at radius 3 is 2.14 bits per heavy atom. The minimum atomic E-state index is -1.01. The lowest BCUT2D eigenvalue weighted by atomic mass is 9.85. The Hall–Kier alpha value is -3.35. The fraction of sp³-hybridized carbons (Fsp3) is 0.464. The summed E-state index contributed by atoms with van der Waals surface area (Å²) in [6.07, 6.45) is 5.30. The number of carboxylic acids is 1. The first-order valence-corrected chi connectivity index (χ1v) is 12.6. The summed E-state index contributed by atoms with van der Waals surface area (Å²) in [5.41, 5.74) is 4.57. The van der Waals surface area contributed by atoms with E-state index in [9.17, 15) is 19.5 Å². The molecule has 1 saturated carbocycles. The molecule has 1 unspecified atom stereocenters. The molecule has 2 aromatic carbocycles. The molecular weight excluding hydrogens is 444 g/mol. The molecule has 2 amide bonds. The number of hydrogen-bond acceptors (Lipinski definition) is 4. The Kier molecular flexibility index (Phi) is 8.06. The van der Waals surface area contributed by atoms with Gasteiger partial charge in [-0.25, -0.2) is 9.59 Å². The van der Waals surface area contributed by atoms with Crippen molar-refractivity contribution < 1.29 is 24.2 Å². The van der Waals surface area contributed by atoms with E-state index in [0.29, 0.717) is 12.3 Å². The second-order valence-electron chi connectivity index (χ2n) is 9.77.